The van der Waals surface area contributed by atoms with Crippen molar-refractivity contribution in [1.29, 1.82) is 0 Å². The molecule has 3 nitrogen and oxygen atoms in total. The van der Waals surface area contributed by atoms with Crippen molar-refractivity contribution in [3.8, 4) is 5.75 Å². The Morgan fingerprint density at radius 2 is 2.05 bits per heavy atom. The first-order valence-electron chi connectivity index (χ1n) is 6.10. The standard InChI is InChI=1S/C15H12ClF2NO2/c1-9-11(16)3-2-4-13(9)19-15(20)8-21-14-6-5-10(17)7-12(14)18/h2-7H,8H2,1H3,(H,19,20). The van der Waals surface area contributed by atoms with Crippen molar-refractivity contribution in [1.82, 2.24) is 0 Å². The van der Waals surface area contributed by atoms with Crippen molar-refractivity contribution in [3.63, 3.8) is 0 Å². The third-order valence-electron chi connectivity index (χ3n) is 2.79. The van der Waals surface area contributed by atoms with Crippen LogP contribution in [0.2, 0.25) is 5.02 Å². The number of carbonyl (C=O) groups is 1. The fraction of sp³-hybridized carbons (Fsp3) is 0.133. The molecule has 21 heavy (non-hydrogen) atoms. The molecule has 0 bridgehead atoms. The Bertz CT molecular complexity index is 677. The second-order valence-electron chi connectivity index (χ2n) is 4.32. The molecule has 2 aromatic carbocycles. The highest BCUT2D eigenvalue weighted by Crippen LogP contribution is 2.23. The molecule has 0 saturated carbocycles. The van der Waals surface area contributed by atoms with Crippen LogP contribution in [0.3, 0.4) is 0 Å². The van der Waals surface area contributed by atoms with Crippen molar-refractivity contribution in [3.05, 3.63) is 58.6 Å². The van der Waals surface area contributed by atoms with Crippen LogP contribution in [0, 0.1) is 18.6 Å². The van der Waals surface area contributed by atoms with Gasteiger partial charge in [0.15, 0.2) is 18.2 Å². The van der Waals surface area contributed by atoms with Crippen LogP contribution in [0.25, 0.3) is 0 Å². The van der Waals surface area contributed by atoms with Gasteiger partial charge >= 0.3 is 0 Å². The third kappa shape index (κ3) is 3.92. The van der Waals surface area contributed by atoms with Crippen LogP contribution in [0.5, 0.6) is 5.75 Å². The molecule has 0 radical (unpaired) electrons. The zero-order chi connectivity index (χ0) is 15.4. The maximum Gasteiger partial charge on any atom is 0.262 e. The number of carbonyl (C=O) groups excluding carboxylic acids is 1. The van der Waals surface area contributed by atoms with Gasteiger partial charge in [0.2, 0.25) is 0 Å². The summed E-state index contributed by atoms with van der Waals surface area (Å²) in [6.45, 7) is 1.37. The van der Waals surface area contributed by atoms with Gasteiger partial charge < -0.3 is 10.1 Å². The van der Waals surface area contributed by atoms with Gasteiger partial charge in [0.1, 0.15) is 5.82 Å². The van der Waals surface area contributed by atoms with Crippen LogP contribution in [-0.2, 0) is 4.79 Å². The normalized spacial score (nSPS) is 10.3. The van der Waals surface area contributed by atoms with Gasteiger partial charge in [0, 0.05) is 16.8 Å². The molecule has 0 spiro atoms. The maximum atomic E-state index is 13.3. The van der Waals surface area contributed by atoms with Crippen LogP contribution in [0.1, 0.15) is 5.56 Å². The Kier molecular flexibility index (Phi) is 4.75. The number of hydrogen-bond donors (Lipinski definition) is 1. The summed E-state index contributed by atoms with van der Waals surface area (Å²) < 4.78 is 31.1. The zero-order valence-electron chi connectivity index (χ0n) is 11.1. The first kappa shape index (κ1) is 15.3. The van der Waals surface area contributed by atoms with E-state index in [1.807, 2.05) is 0 Å². The summed E-state index contributed by atoms with van der Waals surface area (Å²) in [4.78, 5) is 11.8. The molecule has 0 heterocycles. The number of halogens is 3. The van der Waals surface area contributed by atoms with Crippen molar-refractivity contribution in [2.75, 3.05) is 11.9 Å². The van der Waals surface area contributed by atoms with Gasteiger partial charge in [-0.05, 0) is 36.8 Å². The van der Waals surface area contributed by atoms with E-state index in [1.54, 1.807) is 25.1 Å². The van der Waals surface area contributed by atoms with Gasteiger partial charge in [-0.3, -0.25) is 4.79 Å². The number of hydrogen-bond acceptors (Lipinski definition) is 2. The van der Waals surface area contributed by atoms with E-state index in [9.17, 15) is 13.6 Å². The molecule has 0 aliphatic carbocycles. The summed E-state index contributed by atoms with van der Waals surface area (Å²) in [5.41, 5.74) is 1.27. The fourth-order valence-corrected chi connectivity index (χ4v) is 1.84. The minimum Gasteiger partial charge on any atom is -0.481 e. The first-order chi connectivity index (χ1) is 9.97. The van der Waals surface area contributed by atoms with Crippen LogP contribution in [-0.4, -0.2) is 12.5 Å². The predicted molar refractivity (Wildman–Crippen MR) is 76.7 cm³/mol. The minimum absolute atomic E-state index is 0.186. The number of benzene rings is 2. The molecule has 0 fully saturated rings. The lowest BCUT2D eigenvalue weighted by Gasteiger charge is -2.10. The van der Waals surface area contributed by atoms with E-state index in [4.69, 9.17) is 16.3 Å². The highest BCUT2D eigenvalue weighted by Gasteiger charge is 2.10. The molecule has 0 saturated heterocycles. The number of anilines is 1. The summed E-state index contributed by atoms with van der Waals surface area (Å²) in [6, 6.07) is 7.97. The highest BCUT2D eigenvalue weighted by molar-refractivity contribution is 6.31. The minimum atomic E-state index is -0.860. The average molecular weight is 312 g/mol. The van der Waals surface area contributed by atoms with E-state index < -0.39 is 24.1 Å². The molecule has 2 rings (SSSR count). The van der Waals surface area contributed by atoms with Gasteiger partial charge in [-0.2, -0.15) is 0 Å². The van der Waals surface area contributed by atoms with Crippen molar-refractivity contribution < 1.29 is 18.3 Å². The van der Waals surface area contributed by atoms with Gasteiger partial charge in [-0.25, -0.2) is 8.78 Å². The number of rotatable bonds is 4. The van der Waals surface area contributed by atoms with Crippen LogP contribution < -0.4 is 10.1 Å². The third-order valence-corrected chi connectivity index (χ3v) is 3.20. The Balaban J connectivity index is 1.97. The Labute approximate surface area is 125 Å². The molecule has 6 heteroatoms. The quantitative estimate of drug-likeness (QED) is 0.928. The molecule has 0 aromatic heterocycles. The van der Waals surface area contributed by atoms with E-state index in [0.29, 0.717) is 16.8 Å². The van der Waals surface area contributed by atoms with E-state index in [1.165, 1.54) is 0 Å². The molecule has 0 aliphatic heterocycles. The van der Waals surface area contributed by atoms with Gasteiger partial charge in [-0.1, -0.05) is 17.7 Å². The lowest BCUT2D eigenvalue weighted by molar-refractivity contribution is -0.118. The topological polar surface area (TPSA) is 38.3 Å². The zero-order valence-corrected chi connectivity index (χ0v) is 11.9. The first-order valence-corrected chi connectivity index (χ1v) is 6.48. The number of amides is 1. The molecule has 0 atom stereocenters. The van der Waals surface area contributed by atoms with Crippen molar-refractivity contribution in [2.24, 2.45) is 0 Å². The Hall–Kier alpha value is -2.14. The Morgan fingerprint density at radius 3 is 2.76 bits per heavy atom. The van der Waals surface area contributed by atoms with Crippen LogP contribution in [0.4, 0.5) is 14.5 Å². The summed E-state index contributed by atoms with van der Waals surface area (Å²) in [5.74, 6) is -2.22. The summed E-state index contributed by atoms with van der Waals surface area (Å²) in [6.07, 6.45) is 0. The van der Waals surface area contributed by atoms with Gasteiger partial charge in [0.25, 0.3) is 5.91 Å². The van der Waals surface area contributed by atoms with Crippen molar-refractivity contribution >= 4 is 23.2 Å². The fourth-order valence-electron chi connectivity index (χ4n) is 1.66. The number of ether oxygens (including phenoxy) is 1. The molecule has 1 N–H and O–H groups in total. The smallest absolute Gasteiger partial charge is 0.262 e. The van der Waals surface area contributed by atoms with E-state index >= 15 is 0 Å². The summed E-state index contributed by atoms with van der Waals surface area (Å²) >= 11 is 5.94. The second-order valence-corrected chi connectivity index (χ2v) is 4.73. The van der Waals surface area contributed by atoms with Gasteiger partial charge in [0.05, 0.1) is 0 Å². The number of nitrogens with one attached hydrogen (secondary N) is 1. The highest BCUT2D eigenvalue weighted by atomic mass is 35.5. The molecule has 2 aromatic rings. The molecule has 0 aliphatic rings. The van der Waals surface area contributed by atoms with E-state index in [2.05, 4.69) is 5.32 Å². The van der Waals surface area contributed by atoms with Crippen LogP contribution >= 0.6 is 11.6 Å². The maximum absolute atomic E-state index is 13.3. The summed E-state index contributed by atoms with van der Waals surface area (Å²) in [7, 11) is 0. The van der Waals surface area contributed by atoms with Crippen LogP contribution in [0.15, 0.2) is 36.4 Å². The largest absolute Gasteiger partial charge is 0.481 e. The molecular weight excluding hydrogens is 300 g/mol. The van der Waals surface area contributed by atoms with Gasteiger partial charge in [-0.15, -0.1) is 0 Å². The predicted octanol–water partition coefficient (Wildman–Crippen LogP) is 3.94. The molecule has 0 unspecified atom stereocenters. The molecule has 1 amide bonds. The van der Waals surface area contributed by atoms with Crippen molar-refractivity contribution in [2.45, 2.75) is 6.92 Å². The molecular formula is C15H12ClF2NO2. The Morgan fingerprint density at radius 1 is 1.29 bits per heavy atom. The average Bonchev–Trinajstić information content (AvgIpc) is 2.43. The van der Waals surface area contributed by atoms with E-state index in [-0.39, 0.29) is 5.75 Å². The SMILES string of the molecule is Cc1c(Cl)cccc1NC(=O)COc1ccc(F)cc1F. The molecule has 110 valence electrons. The van der Waals surface area contributed by atoms with E-state index in [0.717, 1.165) is 17.7 Å². The monoisotopic (exact) mass is 311 g/mol. The second kappa shape index (κ2) is 6.54. The lowest BCUT2D eigenvalue weighted by Crippen LogP contribution is -2.21. The summed E-state index contributed by atoms with van der Waals surface area (Å²) in [5, 5.41) is 3.13. The lowest BCUT2D eigenvalue weighted by atomic mass is 10.2.